The van der Waals surface area contributed by atoms with E-state index in [1.54, 1.807) is 0 Å². The fraction of sp³-hybridized carbons (Fsp3) is 0.779. The number of carbonyl (C=O) groups excluding carboxylic acids is 1. The summed E-state index contributed by atoms with van der Waals surface area (Å²) in [6, 6.07) is -0.726. The molecule has 1 rings (SSSR count). The van der Waals surface area contributed by atoms with Gasteiger partial charge in [0.1, 0.15) is 24.4 Å². The molecule has 0 aliphatic carbocycles. The molecule has 0 spiro atoms. The van der Waals surface area contributed by atoms with Crippen molar-refractivity contribution in [2.45, 2.75) is 326 Å². The molecule has 446 valence electrons. The van der Waals surface area contributed by atoms with Crippen LogP contribution < -0.4 is 5.32 Å². The molecule has 1 amide bonds. The van der Waals surface area contributed by atoms with Gasteiger partial charge in [0.2, 0.25) is 5.91 Å². The molecule has 0 aromatic rings. The number of hydrogen-bond donors (Lipinski definition) is 6. The zero-order valence-corrected chi connectivity index (χ0v) is 49.7. The Bertz CT molecular complexity index is 1490. The number of carbonyl (C=O) groups is 1. The standard InChI is InChI=1S/C68H121NO8/c1-3-5-7-9-11-13-15-17-19-21-23-25-26-27-28-29-30-31-32-33-34-35-36-38-40-42-44-46-48-50-52-54-56-58-64(72)69-61(60-76-68-67(75)66(74)65(73)63(59-70)77-68)62(71)57-55-53-51-49-47-45-43-41-39-37-24-22-20-18-16-14-12-10-8-6-4-2/h5,7,11,13,17,19,23,25,27-28,30-31,33-34,61-63,65-68,70-71,73-75H,3-4,6,8-10,12,14-16,18,20-22,24,26,29,32,35-60H2,1-2H3,(H,69,72)/b7-5-,13-11-,19-17-,25-23-,28-27-,31-30-,34-33-. The molecule has 1 aliphatic heterocycles. The van der Waals surface area contributed by atoms with Crippen LogP contribution in [0.15, 0.2) is 85.1 Å². The molecule has 0 aromatic heterocycles. The Labute approximate surface area is 473 Å². The molecule has 9 nitrogen and oxygen atoms in total. The number of aliphatic hydroxyl groups excluding tert-OH is 5. The minimum absolute atomic E-state index is 0.141. The molecule has 7 atom stereocenters. The van der Waals surface area contributed by atoms with Crippen LogP contribution in [-0.4, -0.2) is 87.5 Å². The minimum Gasteiger partial charge on any atom is -0.394 e. The van der Waals surface area contributed by atoms with E-state index in [2.05, 4.69) is 104 Å². The van der Waals surface area contributed by atoms with E-state index in [4.69, 9.17) is 9.47 Å². The van der Waals surface area contributed by atoms with Crippen LogP contribution in [-0.2, 0) is 14.3 Å². The number of nitrogens with one attached hydrogen (secondary N) is 1. The smallest absolute Gasteiger partial charge is 0.220 e. The van der Waals surface area contributed by atoms with Crippen molar-refractivity contribution in [1.29, 1.82) is 0 Å². The predicted octanol–water partition coefficient (Wildman–Crippen LogP) is 17.0. The Kier molecular flexibility index (Phi) is 53.2. The fourth-order valence-corrected chi connectivity index (χ4v) is 9.97. The van der Waals surface area contributed by atoms with Crippen molar-refractivity contribution in [3.8, 4) is 0 Å². The van der Waals surface area contributed by atoms with Crippen LogP contribution in [0.1, 0.15) is 284 Å². The summed E-state index contributed by atoms with van der Waals surface area (Å²) in [5.74, 6) is -0.148. The van der Waals surface area contributed by atoms with Crippen LogP contribution in [0.5, 0.6) is 0 Å². The van der Waals surface area contributed by atoms with Gasteiger partial charge in [-0.05, 0) is 70.6 Å². The van der Waals surface area contributed by atoms with Gasteiger partial charge in [-0.15, -0.1) is 0 Å². The molecule has 6 N–H and O–H groups in total. The van der Waals surface area contributed by atoms with Crippen LogP contribution in [0, 0.1) is 0 Å². The molecular formula is C68H121NO8. The van der Waals surface area contributed by atoms with Gasteiger partial charge in [0, 0.05) is 6.42 Å². The molecular weight excluding hydrogens is 959 g/mol. The van der Waals surface area contributed by atoms with Gasteiger partial charge in [-0.1, -0.05) is 292 Å². The highest BCUT2D eigenvalue weighted by atomic mass is 16.7. The lowest BCUT2D eigenvalue weighted by Crippen LogP contribution is -2.60. The van der Waals surface area contributed by atoms with E-state index in [-0.39, 0.29) is 12.5 Å². The quantitative estimate of drug-likeness (QED) is 0.0261. The second-order valence-electron chi connectivity index (χ2n) is 22.2. The van der Waals surface area contributed by atoms with Crippen molar-refractivity contribution in [2.24, 2.45) is 0 Å². The summed E-state index contributed by atoms with van der Waals surface area (Å²) >= 11 is 0. The Morgan fingerprint density at radius 3 is 1.19 bits per heavy atom. The summed E-state index contributed by atoms with van der Waals surface area (Å²) < 4.78 is 11.3. The van der Waals surface area contributed by atoms with Crippen LogP contribution in [0.4, 0.5) is 0 Å². The predicted molar refractivity (Wildman–Crippen MR) is 327 cm³/mol. The second kappa shape index (κ2) is 56.6. The third kappa shape index (κ3) is 45.8. The van der Waals surface area contributed by atoms with Crippen molar-refractivity contribution >= 4 is 5.91 Å². The Morgan fingerprint density at radius 1 is 0.455 bits per heavy atom. The molecule has 1 aliphatic rings. The van der Waals surface area contributed by atoms with Gasteiger partial charge in [-0.25, -0.2) is 0 Å². The van der Waals surface area contributed by atoms with Crippen LogP contribution in [0.2, 0.25) is 0 Å². The molecule has 77 heavy (non-hydrogen) atoms. The Morgan fingerprint density at radius 2 is 0.805 bits per heavy atom. The number of aliphatic hydroxyl groups is 5. The first-order chi connectivity index (χ1) is 37.8. The SMILES string of the molecule is CC/C=C\C/C=C\C/C=C\C/C=C\C/C=C\C/C=C\C/C=C\CCCCCCCCCCCCCC(=O)NC(COC1OC(CO)C(O)C(O)C1O)C(O)CCCCCCCCCCCCCCCCCCCCCCC. The van der Waals surface area contributed by atoms with Gasteiger partial charge < -0.3 is 40.3 Å². The van der Waals surface area contributed by atoms with E-state index in [1.807, 2.05) is 0 Å². The van der Waals surface area contributed by atoms with E-state index < -0.39 is 49.5 Å². The van der Waals surface area contributed by atoms with Crippen LogP contribution >= 0.6 is 0 Å². The number of ether oxygens (including phenoxy) is 2. The molecule has 7 unspecified atom stereocenters. The van der Waals surface area contributed by atoms with Crippen molar-refractivity contribution in [3.05, 3.63) is 85.1 Å². The van der Waals surface area contributed by atoms with E-state index in [9.17, 15) is 30.3 Å². The summed E-state index contributed by atoms with van der Waals surface area (Å²) in [5.41, 5.74) is 0. The average Bonchev–Trinajstić information content (AvgIpc) is 3.43. The lowest BCUT2D eigenvalue weighted by Gasteiger charge is -2.40. The molecule has 9 heteroatoms. The monoisotopic (exact) mass is 1080 g/mol. The van der Waals surface area contributed by atoms with E-state index in [0.717, 1.165) is 89.9 Å². The van der Waals surface area contributed by atoms with E-state index in [1.165, 1.54) is 167 Å². The zero-order valence-electron chi connectivity index (χ0n) is 49.7. The largest absolute Gasteiger partial charge is 0.394 e. The zero-order chi connectivity index (χ0) is 55.8. The summed E-state index contributed by atoms with van der Waals surface area (Å²) in [6.07, 6.45) is 73.3. The van der Waals surface area contributed by atoms with Gasteiger partial charge >= 0.3 is 0 Å². The van der Waals surface area contributed by atoms with Gasteiger partial charge in [0.25, 0.3) is 0 Å². The first-order valence-electron chi connectivity index (χ1n) is 32.3. The number of amides is 1. The first-order valence-corrected chi connectivity index (χ1v) is 32.3. The molecule has 0 bridgehead atoms. The minimum atomic E-state index is -1.56. The maximum absolute atomic E-state index is 13.1. The third-order valence-electron chi connectivity index (χ3n) is 15.0. The molecule has 0 radical (unpaired) electrons. The maximum atomic E-state index is 13.1. The highest BCUT2D eigenvalue weighted by Gasteiger charge is 2.44. The normalized spacial score (nSPS) is 19.3. The van der Waals surface area contributed by atoms with E-state index in [0.29, 0.717) is 12.8 Å². The van der Waals surface area contributed by atoms with E-state index >= 15 is 0 Å². The highest BCUT2D eigenvalue weighted by Crippen LogP contribution is 2.23. The Hall–Kier alpha value is -2.63. The molecule has 1 heterocycles. The van der Waals surface area contributed by atoms with Crippen molar-refractivity contribution in [1.82, 2.24) is 5.32 Å². The van der Waals surface area contributed by atoms with Gasteiger partial charge in [-0.2, -0.15) is 0 Å². The van der Waals surface area contributed by atoms with Crippen LogP contribution in [0.25, 0.3) is 0 Å². The Balaban J connectivity index is 2.16. The number of allylic oxidation sites excluding steroid dienone is 14. The second-order valence-corrected chi connectivity index (χ2v) is 22.2. The third-order valence-corrected chi connectivity index (χ3v) is 15.0. The summed E-state index contributed by atoms with van der Waals surface area (Å²) in [7, 11) is 0. The number of unbranched alkanes of at least 4 members (excludes halogenated alkanes) is 31. The van der Waals surface area contributed by atoms with Crippen LogP contribution in [0.3, 0.4) is 0 Å². The first kappa shape index (κ1) is 72.4. The maximum Gasteiger partial charge on any atom is 0.220 e. The highest BCUT2D eigenvalue weighted by molar-refractivity contribution is 5.76. The van der Waals surface area contributed by atoms with Gasteiger partial charge in [0.15, 0.2) is 6.29 Å². The van der Waals surface area contributed by atoms with Crippen molar-refractivity contribution < 1.29 is 39.8 Å². The topological polar surface area (TPSA) is 149 Å². The fourth-order valence-electron chi connectivity index (χ4n) is 9.97. The molecule has 1 saturated heterocycles. The summed E-state index contributed by atoms with van der Waals surface area (Å²) in [6.45, 7) is 3.75. The van der Waals surface area contributed by atoms with Gasteiger partial charge in [0.05, 0.1) is 25.4 Å². The molecule has 1 fully saturated rings. The average molecular weight is 1080 g/mol. The van der Waals surface area contributed by atoms with Gasteiger partial charge in [-0.3, -0.25) is 4.79 Å². The number of hydrogen-bond acceptors (Lipinski definition) is 8. The van der Waals surface area contributed by atoms with Crippen molar-refractivity contribution in [2.75, 3.05) is 13.2 Å². The molecule has 0 aromatic carbocycles. The lowest BCUT2D eigenvalue weighted by molar-refractivity contribution is -0.302. The lowest BCUT2D eigenvalue weighted by atomic mass is 9.99. The summed E-state index contributed by atoms with van der Waals surface area (Å²) in [4.78, 5) is 13.1. The molecule has 0 saturated carbocycles. The summed E-state index contributed by atoms with van der Waals surface area (Å²) in [5, 5.41) is 54.8. The number of rotatable bonds is 55. The van der Waals surface area contributed by atoms with Crippen molar-refractivity contribution in [3.63, 3.8) is 0 Å².